The van der Waals surface area contributed by atoms with E-state index in [1.807, 2.05) is 23.6 Å². The van der Waals surface area contributed by atoms with Gasteiger partial charge >= 0.3 is 6.03 Å². The minimum atomic E-state index is -0.251. The summed E-state index contributed by atoms with van der Waals surface area (Å²) in [4.78, 5) is 11.1. The number of nitrogens with one attached hydrogen (secondary N) is 3. The van der Waals surface area contributed by atoms with Crippen LogP contribution in [0.25, 0.3) is 5.69 Å². The number of H-pyrrole nitrogens is 1. The zero-order chi connectivity index (χ0) is 13.1. The van der Waals surface area contributed by atoms with Crippen molar-refractivity contribution in [2.75, 3.05) is 12.4 Å². The fourth-order valence-corrected chi connectivity index (χ4v) is 1.85. The lowest BCUT2D eigenvalue weighted by molar-refractivity contribution is 0.254. The molecule has 0 fully saturated rings. The van der Waals surface area contributed by atoms with Crippen LogP contribution in [-0.4, -0.2) is 27.8 Å². The maximum Gasteiger partial charge on any atom is 0.318 e. The van der Waals surface area contributed by atoms with Crippen LogP contribution in [0.2, 0.25) is 0 Å². The predicted octanol–water partition coefficient (Wildman–Crippen LogP) is 1.99. The standard InChI is InChI=1S/C11H13N5OS/c1-7-14-15-11(18)16(7)9-5-3-8(4-6-9)13-10(17)12-2/h3-6H,1-2H3,(H,15,18)(H2,12,13,17). The molecule has 2 rings (SSSR count). The molecular weight excluding hydrogens is 250 g/mol. The van der Waals surface area contributed by atoms with Gasteiger partial charge in [-0.3, -0.25) is 9.67 Å². The number of urea groups is 1. The van der Waals surface area contributed by atoms with Crippen LogP contribution in [0, 0.1) is 11.7 Å². The van der Waals surface area contributed by atoms with Crippen molar-refractivity contribution in [2.24, 2.45) is 0 Å². The van der Waals surface area contributed by atoms with Crippen LogP contribution in [0.4, 0.5) is 10.5 Å². The van der Waals surface area contributed by atoms with Gasteiger partial charge in [0.15, 0.2) is 4.77 Å². The molecule has 0 saturated carbocycles. The number of rotatable bonds is 2. The van der Waals surface area contributed by atoms with Gasteiger partial charge in [-0.1, -0.05) is 0 Å². The van der Waals surface area contributed by atoms with Gasteiger partial charge < -0.3 is 10.6 Å². The van der Waals surface area contributed by atoms with Crippen molar-refractivity contribution in [3.63, 3.8) is 0 Å². The third-order valence-electron chi connectivity index (χ3n) is 2.45. The maximum absolute atomic E-state index is 11.1. The van der Waals surface area contributed by atoms with Crippen LogP contribution < -0.4 is 10.6 Å². The second-order valence-electron chi connectivity index (χ2n) is 3.66. The highest BCUT2D eigenvalue weighted by atomic mass is 32.1. The summed E-state index contributed by atoms with van der Waals surface area (Å²) in [6.07, 6.45) is 0. The van der Waals surface area contributed by atoms with E-state index >= 15 is 0 Å². The number of amides is 2. The van der Waals surface area contributed by atoms with Crippen molar-refractivity contribution in [1.29, 1.82) is 0 Å². The summed E-state index contributed by atoms with van der Waals surface area (Å²) in [5.41, 5.74) is 1.61. The number of anilines is 1. The fraction of sp³-hybridized carbons (Fsp3) is 0.182. The summed E-state index contributed by atoms with van der Waals surface area (Å²) in [5.74, 6) is 0.784. The Morgan fingerprint density at radius 3 is 2.56 bits per heavy atom. The van der Waals surface area contributed by atoms with Crippen molar-refractivity contribution in [1.82, 2.24) is 20.1 Å². The van der Waals surface area contributed by atoms with E-state index in [4.69, 9.17) is 12.2 Å². The number of aromatic amines is 1. The topological polar surface area (TPSA) is 74.7 Å². The van der Waals surface area contributed by atoms with Gasteiger partial charge in [0.2, 0.25) is 0 Å². The zero-order valence-corrected chi connectivity index (χ0v) is 10.8. The maximum atomic E-state index is 11.1. The minimum absolute atomic E-state index is 0.251. The lowest BCUT2D eigenvalue weighted by Crippen LogP contribution is -2.24. The summed E-state index contributed by atoms with van der Waals surface area (Å²) in [6, 6.07) is 7.09. The van der Waals surface area contributed by atoms with E-state index in [2.05, 4.69) is 20.8 Å². The predicted molar refractivity (Wildman–Crippen MR) is 71.6 cm³/mol. The van der Waals surface area contributed by atoms with Gasteiger partial charge in [-0.2, -0.15) is 5.10 Å². The van der Waals surface area contributed by atoms with Gasteiger partial charge in [0.25, 0.3) is 0 Å². The Morgan fingerprint density at radius 1 is 1.39 bits per heavy atom. The molecule has 0 aliphatic rings. The van der Waals surface area contributed by atoms with Gasteiger partial charge in [-0.25, -0.2) is 4.79 Å². The molecule has 1 aromatic heterocycles. The molecule has 0 aliphatic heterocycles. The Bertz CT molecular complexity index is 613. The van der Waals surface area contributed by atoms with Crippen molar-refractivity contribution in [3.8, 4) is 5.69 Å². The summed E-state index contributed by atoms with van der Waals surface area (Å²) >= 11 is 5.14. The normalized spacial score (nSPS) is 10.1. The summed E-state index contributed by atoms with van der Waals surface area (Å²) in [5, 5.41) is 11.9. The number of hydrogen-bond donors (Lipinski definition) is 3. The second kappa shape index (κ2) is 5.01. The van der Waals surface area contributed by atoms with E-state index in [0.29, 0.717) is 10.5 Å². The molecule has 18 heavy (non-hydrogen) atoms. The quantitative estimate of drug-likeness (QED) is 0.725. The molecule has 2 amide bonds. The summed E-state index contributed by atoms with van der Waals surface area (Å²) in [7, 11) is 1.57. The number of aromatic nitrogens is 3. The van der Waals surface area contributed by atoms with E-state index < -0.39 is 0 Å². The Morgan fingerprint density at radius 2 is 2.06 bits per heavy atom. The number of carbonyl (C=O) groups excluding carboxylic acids is 1. The van der Waals surface area contributed by atoms with Gasteiger partial charge in [0, 0.05) is 18.4 Å². The van der Waals surface area contributed by atoms with Crippen LogP contribution in [0.3, 0.4) is 0 Å². The van der Waals surface area contributed by atoms with Gasteiger partial charge in [0.1, 0.15) is 5.82 Å². The second-order valence-corrected chi connectivity index (χ2v) is 4.05. The van der Waals surface area contributed by atoms with Crippen molar-refractivity contribution in [2.45, 2.75) is 6.92 Å². The SMILES string of the molecule is CNC(=O)Nc1ccc(-n2c(C)n[nH]c2=S)cc1. The molecule has 94 valence electrons. The molecule has 0 saturated heterocycles. The zero-order valence-electron chi connectivity index (χ0n) is 10.0. The fourth-order valence-electron chi connectivity index (χ4n) is 1.57. The molecule has 7 heteroatoms. The van der Waals surface area contributed by atoms with Crippen molar-refractivity contribution < 1.29 is 4.79 Å². The number of aryl methyl sites for hydroxylation is 1. The Kier molecular flexibility index (Phi) is 3.42. The van der Waals surface area contributed by atoms with E-state index in [1.165, 1.54) is 0 Å². The molecule has 0 aliphatic carbocycles. The third-order valence-corrected chi connectivity index (χ3v) is 2.72. The molecule has 0 bridgehead atoms. The van der Waals surface area contributed by atoms with Crippen LogP contribution in [0.1, 0.15) is 5.82 Å². The highest BCUT2D eigenvalue weighted by Gasteiger charge is 2.04. The highest BCUT2D eigenvalue weighted by Crippen LogP contribution is 2.14. The lowest BCUT2D eigenvalue weighted by Gasteiger charge is -2.07. The molecule has 0 atom stereocenters. The number of benzene rings is 1. The van der Waals surface area contributed by atoms with Crippen LogP contribution in [0.15, 0.2) is 24.3 Å². The van der Waals surface area contributed by atoms with Gasteiger partial charge in [-0.15, -0.1) is 0 Å². The van der Waals surface area contributed by atoms with E-state index in [1.54, 1.807) is 19.2 Å². The van der Waals surface area contributed by atoms with Crippen molar-refractivity contribution in [3.05, 3.63) is 34.9 Å². The average Bonchev–Trinajstić information content (AvgIpc) is 2.70. The molecule has 0 spiro atoms. The largest absolute Gasteiger partial charge is 0.341 e. The molecule has 0 radical (unpaired) electrons. The minimum Gasteiger partial charge on any atom is -0.341 e. The number of hydrogen-bond acceptors (Lipinski definition) is 3. The molecule has 3 N–H and O–H groups in total. The molecule has 6 nitrogen and oxygen atoms in total. The lowest BCUT2D eigenvalue weighted by atomic mass is 10.3. The van der Waals surface area contributed by atoms with Gasteiger partial charge in [0.05, 0.1) is 0 Å². The molecular formula is C11H13N5OS. The Hall–Kier alpha value is -2.15. The summed E-state index contributed by atoms with van der Waals surface area (Å²) < 4.78 is 2.36. The number of carbonyl (C=O) groups is 1. The number of nitrogens with zero attached hydrogens (tertiary/aromatic N) is 2. The van der Waals surface area contributed by atoms with Crippen LogP contribution >= 0.6 is 12.2 Å². The van der Waals surface area contributed by atoms with E-state index in [-0.39, 0.29) is 6.03 Å². The molecule has 1 aromatic carbocycles. The smallest absolute Gasteiger partial charge is 0.318 e. The van der Waals surface area contributed by atoms with Crippen LogP contribution in [0.5, 0.6) is 0 Å². The van der Waals surface area contributed by atoms with E-state index in [0.717, 1.165) is 11.5 Å². The first-order valence-corrected chi connectivity index (χ1v) is 5.76. The molecule has 2 aromatic rings. The Balaban J connectivity index is 2.28. The monoisotopic (exact) mass is 263 g/mol. The van der Waals surface area contributed by atoms with Crippen molar-refractivity contribution >= 4 is 23.9 Å². The van der Waals surface area contributed by atoms with E-state index in [9.17, 15) is 4.79 Å². The highest BCUT2D eigenvalue weighted by molar-refractivity contribution is 7.71. The van der Waals surface area contributed by atoms with Crippen LogP contribution in [-0.2, 0) is 0 Å². The first kappa shape index (κ1) is 12.3. The molecule has 0 unspecified atom stereocenters. The van der Waals surface area contributed by atoms with Gasteiger partial charge in [-0.05, 0) is 43.4 Å². The first-order chi connectivity index (χ1) is 8.61. The average molecular weight is 263 g/mol. The Labute approximate surface area is 109 Å². The molecule has 1 heterocycles. The third kappa shape index (κ3) is 2.40. The summed E-state index contributed by atoms with van der Waals surface area (Å²) in [6.45, 7) is 1.86. The first-order valence-electron chi connectivity index (χ1n) is 5.35.